The van der Waals surface area contributed by atoms with Crippen LogP contribution in [-0.2, 0) is 9.59 Å². The summed E-state index contributed by atoms with van der Waals surface area (Å²) in [6, 6.07) is 0.443. The summed E-state index contributed by atoms with van der Waals surface area (Å²) in [5, 5.41) is 3.25. The first-order valence-corrected chi connectivity index (χ1v) is 6.02. The first-order valence-electron chi connectivity index (χ1n) is 6.02. The molecule has 0 aromatic carbocycles. The fourth-order valence-corrected chi connectivity index (χ4v) is 1.25. The molecule has 0 unspecified atom stereocenters. The van der Waals surface area contributed by atoms with E-state index in [2.05, 4.69) is 19.2 Å². The smallest absolute Gasteiger partial charge is 0.241 e. The van der Waals surface area contributed by atoms with Gasteiger partial charge in [-0.2, -0.15) is 0 Å². The molecule has 0 saturated carbocycles. The third-order valence-electron chi connectivity index (χ3n) is 2.42. The van der Waals surface area contributed by atoms with Gasteiger partial charge in [0.1, 0.15) is 0 Å². The zero-order valence-corrected chi connectivity index (χ0v) is 11.6. The van der Waals surface area contributed by atoms with Gasteiger partial charge in [-0.25, -0.2) is 0 Å². The summed E-state index contributed by atoms with van der Waals surface area (Å²) in [5.41, 5.74) is 0. The fourth-order valence-electron chi connectivity index (χ4n) is 1.25. The predicted octanol–water partition coefficient (Wildman–Crippen LogP) is 0.311. The van der Waals surface area contributed by atoms with Gasteiger partial charge in [-0.05, 0) is 13.0 Å². The largest absolute Gasteiger partial charge is 0.347 e. The molecule has 0 aliphatic rings. The van der Waals surface area contributed by atoms with Crippen LogP contribution in [0.5, 0.6) is 0 Å². The molecular weight excluding hydrogens is 218 g/mol. The van der Waals surface area contributed by atoms with Crippen LogP contribution in [0.4, 0.5) is 0 Å². The molecule has 0 atom stereocenters. The normalized spacial score (nSPS) is 10.5. The van der Waals surface area contributed by atoms with Gasteiger partial charge in [-0.3, -0.25) is 9.59 Å². The van der Waals surface area contributed by atoms with Crippen molar-refractivity contribution >= 4 is 11.8 Å². The average molecular weight is 243 g/mol. The molecule has 0 aromatic rings. The lowest BCUT2D eigenvalue weighted by atomic mass is 10.2. The molecule has 0 spiro atoms. The summed E-state index contributed by atoms with van der Waals surface area (Å²) >= 11 is 0. The van der Waals surface area contributed by atoms with E-state index in [9.17, 15) is 9.59 Å². The molecule has 5 nitrogen and oxygen atoms in total. The zero-order valence-electron chi connectivity index (χ0n) is 11.6. The third-order valence-corrected chi connectivity index (χ3v) is 2.42. The second-order valence-corrected chi connectivity index (χ2v) is 4.75. The number of hydrogen-bond donors (Lipinski definition) is 1. The number of hydrogen-bond acceptors (Lipinski definition) is 3. The summed E-state index contributed by atoms with van der Waals surface area (Å²) in [6.07, 6.45) is 1.29. The van der Waals surface area contributed by atoms with Gasteiger partial charge in [0, 0.05) is 33.6 Å². The molecule has 0 aromatic heterocycles. The van der Waals surface area contributed by atoms with Crippen molar-refractivity contribution in [3.05, 3.63) is 0 Å². The molecule has 17 heavy (non-hydrogen) atoms. The van der Waals surface area contributed by atoms with Crippen molar-refractivity contribution in [1.82, 2.24) is 15.1 Å². The molecule has 0 rings (SSSR count). The van der Waals surface area contributed by atoms with E-state index in [4.69, 9.17) is 0 Å². The highest BCUT2D eigenvalue weighted by Crippen LogP contribution is 1.96. The lowest BCUT2D eigenvalue weighted by Gasteiger charge is -2.19. The van der Waals surface area contributed by atoms with Gasteiger partial charge in [-0.15, -0.1) is 0 Å². The first kappa shape index (κ1) is 15.9. The second-order valence-electron chi connectivity index (χ2n) is 4.75. The molecule has 0 radical (unpaired) electrons. The van der Waals surface area contributed by atoms with E-state index in [0.29, 0.717) is 12.5 Å². The van der Waals surface area contributed by atoms with E-state index < -0.39 is 0 Å². The molecule has 0 aliphatic heterocycles. The lowest BCUT2D eigenvalue weighted by Crippen LogP contribution is -2.38. The molecule has 1 N–H and O–H groups in total. The number of carbonyl (C=O) groups is 2. The van der Waals surface area contributed by atoms with E-state index in [1.54, 1.807) is 21.1 Å². The SMILES string of the molecule is CC(C)NCCCC(=O)N(C)CC(=O)N(C)C. The quantitative estimate of drug-likeness (QED) is 0.655. The van der Waals surface area contributed by atoms with Crippen molar-refractivity contribution in [2.75, 3.05) is 34.2 Å². The summed E-state index contributed by atoms with van der Waals surface area (Å²) < 4.78 is 0. The van der Waals surface area contributed by atoms with Gasteiger partial charge in [-0.1, -0.05) is 13.8 Å². The van der Waals surface area contributed by atoms with Crippen LogP contribution in [0.25, 0.3) is 0 Å². The monoisotopic (exact) mass is 243 g/mol. The molecule has 0 bridgehead atoms. The van der Waals surface area contributed by atoms with Crippen molar-refractivity contribution in [3.63, 3.8) is 0 Å². The minimum Gasteiger partial charge on any atom is -0.347 e. The van der Waals surface area contributed by atoms with Gasteiger partial charge in [0.15, 0.2) is 0 Å². The van der Waals surface area contributed by atoms with Crippen LogP contribution in [0, 0.1) is 0 Å². The minimum atomic E-state index is -0.0545. The van der Waals surface area contributed by atoms with E-state index in [0.717, 1.165) is 13.0 Å². The molecule has 100 valence electrons. The maximum absolute atomic E-state index is 11.7. The van der Waals surface area contributed by atoms with E-state index in [1.807, 2.05) is 0 Å². The molecule has 0 saturated heterocycles. The first-order chi connectivity index (χ1) is 7.84. The predicted molar refractivity (Wildman–Crippen MR) is 68.7 cm³/mol. The zero-order chi connectivity index (χ0) is 13.4. The van der Waals surface area contributed by atoms with Gasteiger partial charge in [0.25, 0.3) is 0 Å². The highest BCUT2D eigenvalue weighted by molar-refractivity contribution is 5.84. The molecule has 0 aliphatic carbocycles. The van der Waals surface area contributed by atoms with E-state index in [1.165, 1.54) is 9.80 Å². The summed E-state index contributed by atoms with van der Waals surface area (Å²) in [4.78, 5) is 26.0. The number of amides is 2. The Morgan fingerprint density at radius 3 is 2.18 bits per heavy atom. The Hall–Kier alpha value is -1.10. The average Bonchev–Trinajstić information content (AvgIpc) is 2.23. The van der Waals surface area contributed by atoms with E-state index >= 15 is 0 Å². The maximum atomic E-state index is 11.7. The number of likely N-dealkylation sites (N-methyl/N-ethyl adjacent to an activating group) is 2. The van der Waals surface area contributed by atoms with Crippen LogP contribution in [0.3, 0.4) is 0 Å². The van der Waals surface area contributed by atoms with Crippen LogP contribution in [-0.4, -0.2) is 61.9 Å². The number of nitrogens with one attached hydrogen (secondary N) is 1. The Morgan fingerprint density at radius 2 is 1.71 bits per heavy atom. The van der Waals surface area contributed by atoms with Crippen molar-refractivity contribution in [2.24, 2.45) is 0 Å². The Kier molecular flexibility index (Phi) is 7.54. The van der Waals surface area contributed by atoms with Gasteiger partial charge in [0.2, 0.25) is 11.8 Å². The van der Waals surface area contributed by atoms with E-state index in [-0.39, 0.29) is 18.4 Å². The van der Waals surface area contributed by atoms with Gasteiger partial charge in [0.05, 0.1) is 6.54 Å². The van der Waals surface area contributed by atoms with Crippen LogP contribution in [0.2, 0.25) is 0 Å². The Balaban J connectivity index is 3.79. The molecule has 5 heteroatoms. The number of nitrogens with zero attached hydrogens (tertiary/aromatic N) is 2. The number of carbonyl (C=O) groups excluding carboxylic acids is 2. The molecular formula is C12H25N3O2. The Morgan fingerprint density at radius 1 is 1.12 bits per heavy atom. The Bertz CT molecular complexity index is 252. The molecule has 2 amide bonds. The van der Waals surface area contributed by atoms with Gasteiger partial charge >= 0.3 is 0 Å². The second kappa shape index (κ2) is 8.06. The lowest BCUT2D eigenvalue weighted by molar-refractivity contribution is -0.138. The molecule has 0 fully saturated rings. The Labute approximate surface area is 104 Å². The fraction of sp³-hybridized carbons (Fsp3) is 0.833. The number of rotatable bonds is 7. The highest BCUT2D eigenvalue weighted by atomic mass is 16.2. The molecule has 0 heterocycles. The van der Waals surface area contributed by atoms with Crippen LogP contribution < -0.4 is 5.32 Å². The highest BCUT2D eigenvalue weighted by Gasteiger charge is 2.13. The topological polar surface area (TPSA) is 52.7 Å². The van der Waals surface area contributed by atoms with Crippen molar-refractivity contribution in [3.8, 4) is 0 Å². The van der Waals surface area contributed by atoms with Crippen molar-refractivity contribution < 1.29 is 9.59 Å². The van der Waals surface area contributed by atoms with Gasteiger partial charge < -0.3 is 15.1 Å². The maximum Gasteiger partial charge on any atom is 0.241 e. The summed E-state index contributed by atoms with van der Waals surface area (Å²) in [7, 11) is 5.04. The van der Waals surface area contributed by atoms with Crippen molar-refractivity contribution in [2.45, 2.75) is 32.7 Å². The minimum absolute atomic E-state index is 0.0192. The van der Waals surface area contributed by atoms with Crippen LogP contribution in [0.15, 0.2) is 0 Å². The van der Waals surface area contributed by atoms with Crippen LogP contribution >= 0.6 is 0 Å². The third kappa shape index (κ3) is 7.74. The summed E-state index contributed by atoms with van der Waals surface area (Å²) in [5.74, 6) is -0.0353. The van der Waals surface area contributed by atoms with Crippen LogP contribution in [0.1, 0.15) is 26.7 Å². The van der Waals surface area contributed by atoms with Crippen molar-refractivity contribution in [1.29, 1.82) is 0 Å². The summed E-state index contributed by atoms with van der Waals surface area (Å²) in [6.45, 7) is 5.13. The standard InChI is InChI=1S/C12H25N3O2/c1-10(2)13-8-6-7-11(16)15(5)9-12(17)14(3)4/h10,13H,6-9H2,1-5H3.